The zero-order valence-electron chi connectivity index (χ0n) is 22.2. The number of aliphatic hydroxyl groups excluding tert-OH is 1. The predicted octanol–water partition coefficient (Wildman–Crippen LogP) is 5.13. The number of ether oxygens (including phenoxy) is 1. The van der Waals surface area contributed by atoms with Crippen LogP contribution in [0.15, 0.2) is 67.0 Å². The summed E-state index contributed by atoms with van der Waals surface area (Å²) in [5.74, 6) is -0.273. The van der Waals surface area contributed by atoms with Gasteiger partial charge in [-0.25, -0.2) is 19.0 Å². The fraction of sp³-hybridized carbons (Fsp3) is 0.172. The number of aryl methyl sites for hydroxylation is 1. The summed E-state index contributed by atoms with van der Waals surface area (Å²) in [5, 5.41) is 17.5. The average molecular weight is 545 g/mol. The molecule has 0 saturated heterocycles. The summed E-state index contributed by atoms with van der Waals surface area (Å²) in [6.45, 7) is 3.43. The molecular formula is C29H29FN6O4. The van der Waals surface area contributed by atoms with Crippen molar-refractivity contribution in [2.75, 3.05) is 17.7 Å². The lowest BCUT2D eigenvalue weighted by Crippen LogP contribution is -2.29. The Morgan fingerprint density at radius 2 is 1.68 bits per heavy atom. The molecule has 0 aliphatic rings. The molecule has 0 aliphatic heterocycles. The third-order valence-electron chi connectivity index (χ3n) is 6.17. The molecule has 4 amide bonds. The van der Waals surface area contributed by atoms with Crippen LogP contribution in [0.4, 0.5) is 25.4 Å². The van der Waals surface area contributed by atoms with Crippen LogP contribution < -0.4 is 26.4 Å². The second-order valence-electron chi connectivity index (χ2n) is 9.05. The summed E-state index contributed by atoms with van der Waals surface area (Å²) in [4.78, 5) is 32.6. The first-order valence-electron chi connectivity index (χ1n) is 12.3. The molecule has 1 atom stereocenters. The van der Waals surface area contributed by atoms with Gasteiger partial charge in [0, 0.05) is 53.1 Å². The number of aromatic nitrogens is 2. The van der Waals surface area contributed by atoms with Gasteiger partial charge in [0.15, 0.2) is 0 Å². The molecule has 0 spiro atoms. The number of nitrogens with zero attached hydrogens (tertiary/aromatic N) is 2. The number of carbonyl (C=O) groups is 2. The van der Waals surface area contributed by atoms with E-state index in [1.807, 2.05) is 25.1 Å². The first-order valence-corrected chi connectivity index (χ1v) is 12.3. The Morgan fingerprint density at radius 1 is 0.975 bits per heavy atom. The zero-order valence-corrected chi connectivity index (χ0v) is 22.2. The van der Waals surface area contributed by atoms with E-state index < -0.39 is 24.0 Å². The molecular weight excluding hydrogens is 515 g/mol. The second-order valence-corrected chi connectivity index (χ2v) is 9.05. The quantitative estimate of drug-likeness (QED) is 0.207. The number of aliphatic hydroxyl groups is 1. The molecule has 0 aliphatic carbocycles. The minimum atomic E-state index is -0.837. The van der Waals surface area contributed by atoms with Gasteiger partial charge in [-0.15, -0.1) is 0 Å². The van der Waals surface area contributed by atoms with Gasteiger partial charge in [0.1, 0.15) is 5.82 Å². The Morgan fingerprint density at radius 3 is 2.30 bits per heavy atom. The Bertz CT molecular complexity index is 1530. The van der Waals surface area contributed by atoms with E-state index in [4.69, 9.17) is 10.5 Å². The maximum atomic E-state index is 15.2. The number of halogens is 1. The van der Waals surface area contributed by atoms with Crippen LogP contribution in [0.1, 0.15) is 29.8 Å². The number of nitrogens with one attached hydrogen (secondary N) is 3. The number of methoxy groups -OCH3 is 1. The highest BCUT2D eigenvalue weighted by molar-refractivity contribution is 5.91. The molecule has 11 heteroatoms. The lowest BCUT2D eigenvalue weighted by Gasteiger charge is -2.16. The Kier molecular flexibility index (Phi) is 8.55. The number of hydrogen-bond acceptors (Lipinski definition) is 6. The predicted molar refractivity (Wildman–Crippen MR) is 150 cm³/mol. The molecule has 0 bridgehead atoms. The summed E-state index contributed by atoms with van der Waals surface area (Å²) in [6, 6.07) is 13.7. The SMILES string of the molecule is COc1ccc(-c2cc(NC(N)=O)cc(F)c2CNC(=O)Nc2ccc(C)c(-c3ccc(C(C)O)nc3)c2)cn1. The first-order chi connectivity index (χ1) is 19.1. The molecule has 2 aromatic carbocycles. The lowest BCUT2D eigenvalue weighted by molar-refractivity contribution is 0.194. The molecule has 4 rings (SSSR count). The standard InChI is InChI=1S/C29H29FN6O4/c1-16-4-7-20(10-22(16)18-5-8-26(17(2)37)32-13-18)36-29(39)34-15-24-23(19-6-9-27(40-3)33-14-19)11-21(12-25(24)30)35-28(31)38/h4-14,17,37H,15H2,1-3H3,(H3,31,35,38)(H2,34,36,39). The molecule has 10 nitrogen and oxygen atoms in total. The number of hydrogen-bond donors (Lipinski definition) is 5. The summed E-state index contributed by atoms with van der Waals surface area (Å²) >= 11 is 0. The van der Waals surface area contributed by atoms with Gasteiger partial charge in [-0.1, -0.05) is 12.1 Å². The van der Waals surface area contributed by atoms with Crippen LogP contribution in [-0.4, -0.2) is 34.2 Å². The van der Waals surface area contributed by atoms with Crippen molar-refractivity contribution in [1.82, 2.24) is 15.3 Å². The van der Waals surface area contributed by atoms with Gasteiger partial charge in [0.05, 0.1) is 18.9 Å². The topological polar surface area (TPSA) is 151 Å². The number of pyridine rings is 2. The highest BCUT2D eigenvalue weighted by Gasteiger charge is 2.16. The van der Waals surface area contributed by atoms with Crippen molar-refractivity contribution >= 4 is 23.4 Å². The Hall–Kier alpha value is -5.03. The van der Waals surface area contributed by atoms with Crippen LogP contribution >= 0.6 is 0 Å². The summed E-state index contributed by atoms with van der Waals surface area (Å²) in [5.41, 5.74) is 10.3. The van der Waals surface area contributed by atoms with Crippen molar-refractivity contribution in [3.63, 3.8) is 0 Å². The third kappa shape index (κ3) is 6.69. The van der Waals surface area contributed by atoms with E-state index in [1.54, 1.807) is 43.5 Å². The smallest absolute Gasteiger partial charge is 0.319 e. The Labute approximate surface area is 230 Å². The number of rotatable bonds is 8. The van der Waals surface area contributed by atoms with Crippen molar-refractivity contribution in [3.8, 4) is 28.1 Å². The second kappa shape index (κ2) is 12.2. The van der Waals surface area contributed by atoms with E-state index in [0.717, 1.165) is 22.8 Å². The van der Waals surface area contributed by atoms with Gasteiger partial charge >= 0.3 is 12.1 Å². The number of nitrogens with two attached hydrogens (primary N) is 1. The zero-order chi connectivity index (χ0) is 28.8. The molecule has 6 N–H and O–H groups in total. The minimum absolute atomic E-state index is 0.153. The number of benzene rings is 2. The fourth-order valence-electron chi connectivity index (χ4n) is 4.12. The highest BCUT2D eigenvalue weighted by Crippen LogP contribution is 2.31. The van der Waals surface area contributed by atoms with Crippen molar-refractivity contribution in [2.45, 2.75) is 26.5 Å². The highest BCUT2D eigenvalue weighted by atomic mass is 19.1. The van der Waals surface area contributed by atoms with Crippen LogP contribution in [-0.2, 0) is 6.54 Å². The molecule has 1 unspecified atom stereocenters. The molecule has 206 valence electrons. The van der Waals surface area contributed by atoms with Crippen LogP contribution in [0.2, 0.25) is 0 Å². The maximum absolute atomic E-state index is 15.2. The van der Waals surface area contributed by atoms with Gasteiger partial charge < -0.3 is 31.5 Å². The largest absolute Gasteiger partial charge is 0.481 e. The fourth-order valence-corrected chi connectivity index (χ4v) is 4.12. The third-order valence-corrected chi connectivity index (χ3v) is 6.17. The summed E-state index contributed by atoms with van der Waals surface area (Å²) in [6.07, 6.45) is 2.50. The van der Waals surface area contributed by atoms with Crippen molar-refractivity contribution in [2.24, 2.45) is 5.73 Å². The molecule has 40 heavy (non-hydrogen) atoms. The van der Waals surface area contributed by atoms with Crippen LogP contribution in [0.3, 0.4) is 0 Å². The molecule has 2 aromatic heterocycles. The van der Waals surface area contributed by atoms with Crippen LogP contribution in [0, 0.1) is 12.7 Å². The molecule has 2 heterocycles. The lowest BCUT2D eigenvalue weighted by atomic mass is 9.99. The number of amides is 4. The van der Waals surface area contributed by atoms with E-state index >= 15 is 4.39 Å². The van der Waals surface area contributed by atoms with Crippen molar-refractivity contribution in [3.05, 3.63) is 89.6 Å². The Balaban J connectivity index is 1.54. The number of anilines is 2. The van der Waals surface area contributed by atoms with Gasteiger partial charge in [-0.05, 0) is 66.9 Å². The monoisotopic (exact) mass is 544 g/mol. The van der Waals surface area contributed by atoms with Crippen molar-refractivity contribution < 1.29 is 23.8 Å². The van der Waals surface area contributed by atoms with E-state index in [0.29, 0.717) is 28.4 Å². The van der Waals surface area contributed by atoms with Gasteiger partial charge in [-0.3, -0.25) is 4.98 Å². The number of primary amides is 1. The molecule has 0 saturated carbocycles. The maximum Gasteiger partial charge on any atom is 0.319 e. The van der Waals surface area contributed by atoms with Crippen LogP contribution in [0.25, 0.3) is 22.3 Å². The van der Waals surface area contributed by atoms with Crippen LogP contribution in [0.5, 0.6) is 5.88 Å². The van der Waals surface area contributed by atoms with E-state index in [1.165, 1.54) is 13.3 Å². The van der Waals surface area contributed by atoms with E-state index in [2.05, 4.69) is 25.9 Å². The molecule has 0 radical (unpaired) electrons. The van der Waals surface area contributed by atoms with E-state index in [9.17, 15) is 14.7 Å². The number of urea groups is 2. The first kappa shape index (κ1) is 28.0. The number of carbonyl (C=O) groups excluding carboxylic acids is 2. The summed E-state index contributed by atoms with van der Waals surface area (Å²) in [7, 11) is 1.48. The molecule has 0 fully saturated rings. The van der Waals surface area contributed by atoms with Gasteiger partial charge in [0.2, 0.25) is 5.88 Å². The van der Waals surface area contributed by atoms with Gasteiger partial charge in [0.25, 0.3) is 0 Å². The van der Waals surface area contributed by atoms with Gasteiger partial charge in [-0.2, -0.15) is 0 Å². The minimum Gasteiger partial charge on any atom is -0.481 e. The average Bonchev–Trinajstić information content (AvgIpc) is 2.93. The molecule has 4 aromatic rings. The summed E-state index contributed by atoms with van der Waals surface area (Å²) < 4.78 is 20.3. The van der Waals surface area contributed by atoms with Crippen molar-refractivity contribution in [1.29, 1.82) is 0 Å². The van der Waals surface area contributed by atoms with E-state index in [-0.39, 0.29) is 17.8 Å². The normalized spacial score (nSPS) is 11.4.